The summed E-state index contributed by atoms with van der Waals surface area (Å²) in [5.41, 5.74) is 0.736. The summed E-state index contributed by atoms with van der Waals surface area (Å²) in [6, 6.07) is 3.06. The molecule has 0 saturated heterocycles. The SMILES string of the molecule is C=C(Cl)[C@H]1CC[C@H](C#Cc2c(F)cc([C@H]3CC[C@H](CCCCC)CC3)cc2F)CC1. The minimum absolute atomic E-state index is 0.0733. The first-order valence-electron chi connectivity index (χ1n) is 11.8. The van der Waals surface area contributed by atoms with Gasteiger partial charge in [-0.2, -0.15) is 0 Å². The third-order valence-corrected chi connectivity index (χ3v) is 7.48. The summed E-state index contributed by atoms with van der Waals surface area (Å²) >= 11 is 6.00. The van der Waals surface area contributed by atoms with Gasteiger partial charge < -0.3 is 0 Å². The average Bonchev–Trinajstić information content (AvgIpc) is 2.74. The van der Waals surface area contributed by atoms with E-state index in [1.54, 1.807) is 0 Å². The lowest BCUT2D eigenvalue weighted by Gasteiger charge is -2.29. The van der Waals surface area contributed by atoms with Crippen LogP contribution in [0.25, 0.3) is 0 Å². The molecule has 164 valence electrons. The van der Waals surface area contributed by atoms with Crippen LogP contribution in [0.15, 0.2) is 23.7 Å². The highest BCUT2D eigenvalue weighted by Crippen LogP contribution is 2.38. The van der Waals surface area contributed by atoms with Crippen LogP contribution >= 0.6 is 11.6 Å². The van der Waals surface area contributed by atoms with E-state index >= 15 is 0 Å². The standard InChI is InChI=1S/C27H35ClF2/c1-3-4-5-6-20-9-14-23(15-10-20)24-17-26(29)25(27(30)18-24)16-11-21-7-12-22(13-8-21)19(2)28/h17-18,20-23H,2-10,12-15H2,1H3/t20-,21-,22-,23-. The van der Waals surface area contributed by atoms with E-state index in [-0.39, 0.29) is 17.4 Å². The fourth-order valence-electron chi connectivity index (χ4n) is 5.14. The molecule has 0 bridgehead atoms. The van der Waals surface area contributed by atoms with Crippen LogP contribution in [0.5, 0.6) is 0 Å². The molecule has 2 aliphatic carbocycles. The van der Waals surface area contributed by atoms with Crippen LogP contribution < -0.4 is 0 Å². The molecule has 0 radical (unpaired) electrons. The van der Waals surface area contributed by atoms with Crippen LogP contribution in [0.1, 0.15) is 101 Å². The summed E-state index contributed by atoms with van der Waals surface area (Å²) in [7, 11) is 0. The van der Waals surface area contributed by atoms with Gasteiger partial charge in [-0.15, -0.1) is 0 Å². The van der Waals surface area contributed by atoms with Gasteiger partial charge >= 0.3 is 0 Å². The minimum atomic E-state index is -0.509. The van der Waals surface area contributed by atoms with Gasteiger partial charge in [-0.25, -0.2) is 8.78 Å². The topological polar surface area (TPSA) is 0 Å². The zero-order valence-electron chi connectivity index (χ0n) is 18.3. The lowest BCUT2D eigenvalue weighted by atomic mass is 9.77. The van der Waals surface area contributed by atoms with E-state index in [1.807, 2.05) is 0 Å². The minimum Gasteiger partial charge on any atom is -0.206 e. The molecule has 30 heavy (non-hydrogen) atoms. The van der Waals surface area contributed by atoms with Gasteiger partial charge in [0.15, 0.2) is 0 Å². The monoisotopic (exact) mass is 432 g/mol. The van der Waals surface area contributed by atoms with Gasteiger partial charge in [0.05, 0.1) is 5.56 Å². The Labute approximate surface area is 186 Å². The van der Waals surface area contributed by atoms with E-state index < -0.39 is 11.6 Å². The number of allylic oxidation sites excluding steroid dienone is 1. The Kier molecular flexibility index (Phi) is 8.82. The van der Waals surface area contributed by atoms with Gasteiger partial charge in [0.25, 0.3) is 0 Å². The summed E-state index contributed by atoms with van der Waals surface area (Å²) in [5, 5.41) is 0.712. The maximum absolute atomic E-state index is 14.7. The van der Waals surface area contributed by atoms with E-state index in [4.69, 9.17) is 11.6 Å². The fraction of sp³-hybridized carbons (Fsp3) is 0.630. The Balaban J connectivity index is 1.58. The van der Waals surface area contributed by atoms with Crippen LogP contribution in [-0.2, 0) is 0 Å². The Hall–Kier alpha value is -1.33. The van der Waals surface area contributed by atoms with Gasteiger partial charge in [-0.1, -0.05) is 62.6 Å². The number of benzene rings is 1. The molecule has 0 nitrogen and oxygen atoms in total. The predicted molar refractivity (Wildman–Crippen MR) is 123 cm³/mol. The van der Waals surface area contributed by atoms with E-state index in [2.05, 4.69) is 25.3 Å². The smallest absolute Gasteiger partial charge is 0.142 e. The first kappa shape index (κ1) is 23.3. The largest absolute Gasteiger partial charge is 0.206 e. The van der Waals surface area contributed by atoms with Crippen LogP contribution in [-0.4, -0.2) is 0 Å². The molecule has 0 N–H and O–H groups in total. The quantitative estimate of drug-likeness (QED) is 0.311. The van der Waals surface area contributed by atoms with Gasteiger partial charge in [-0.05, 0) is 86.8 Å². The molecular formula is C27H35ClF2. The van der Waals surface area contributed by atoms with Gasteiger partial charge in [0.1, 0.15) is 11.6 Å². The second kappa shape index (κ2) is 11.3. The predicted octanol–water partition coefficient (Wildman–Crippen LogP) is 8.73. The van der Waals surface area contributed by atoms with Crippen molar-refractivity contribution in [2.45, 2.75) is 89.9 Å². The maximum atomic E-state index is 14.7. The first-order chi connectivity index (χ1) is 14.5. The molecule has 0 amide bonds. The number of unbranched alkanes of at least 4 members (excludes halogenated alkanes) is 2. The lowest BCUT2D eigenvalue weighted by molar-refractivity contribution is 0.302. The average molecular weight is 433 g/mol. The Morgan fingerprint density at radius 1 is 1.00 bits per heavy atom. The molecule has 0 aromatic heterocycles. The van der Waals surface area contributed by atoms with Crippen LogP contribution in [0, 0.1) is 41.2 Å². The highest BCUT2D eigenvalue weighted by Gasteiger charge is 2.24. The fourth-order valence-corrected chi connectivity index (χ4v) is 5.36. The van der Waals surface area contributed by atoms with Crippen LogP contribution in [0.2, 0.25) is 0 Å². The van der Waals surface area contributed by atoms with Gasteiger partial charge in [0, 0.05) is 11.0 Å². The first-order valence-corrected chi connectivity index (χ1v) is 12.2. The molecule has 3 heteroatoms. The van der Waals surface area contributed by atoms with Crippen LogP contribution in [0.3, 0.4) is 0 Å². The van der Waals surface area contributed by atoms with Crippen molar-refractivity contribution in [1.82, 2.24) is 0 Å². The normalized spacial score (nSPS) is 26.7. The highest BCUT2D eigenvalue weighted by atomic mass is 35.5. The number of hydrogen-bond donors (Lipinski definition) is 0. The maximum Gasteiger partial charge on any atom is 0.142 e. The zero-order chi connectivity index (χ0) is 21.5. The molecule has 2 fully saturated rings. The number of rotatable bonds is 6. The van der Waals surface area contributed by atoms with Crippen molar-refractivity contribution in [2.24, 2.45) is 17.8 Å². The number of hydrogen-bond acceptors (Lipinski definition) is 0. The second-order valence-electron chi connectivity index (χ2n) is 9.34. The van der Waals surface area contributed by atoms with Crippen molar-refractivity contribution in [1.29, 1.82) is 0 Å². The molecular weight excluding hydrogens is 398 g/mol. The summed E-state index contributed by atoms with van der Waals surface area (Å²) in [5.74, 6) is 6.48. The van der Waals surface area contributed by atoms with Gasteiger partial charge in [0.2, 0.25) is 0 Å². The Morgan fingerprint density at radius 3 is 2.20 bits per heavy atom. The number of halogens is 3. The van der Waals surface area contributed by atoms with E-state index in [0.717, 1.165) is 50.0 Å². The lowest BCUT2D eigenvalue weighted by Crippen LogP contribution is -2.14. The molecule has 0 unspecified atom stereocenters. The van der Waals surface area contributed by atoms with Crippen molar-refractivity contribution in [3.63, 3.8) is 0 Å². The van der Waals surface area contributed by atoms with Crippen molar-refractivity contribution in [2.75, 3.05) is 0 Å². The summed E-state index contributed by atoms with van der Waals surface area (Å²) in [6.07, 6.45) is 13.3. The third kappa shape index (κ3) is 6.34. The molecule has 3 rings (SSSR count). The van der Waals surface area contributed by atoms with Crippen molar-refractivity contribution in [3.05, 3.63) is 46.5 Å². The Bertz CT molecular complexity index is 749. The molecule has 2 saturated carbocycles. The van der Waals surface area contributed by atoms with E-state index in [0.29, 0.717) is 11.0 Å². The molecule has 0 aliphatic heterocycles. The second-order valence-corrected chi connectivity index (χ2v) is 9.82. The van der Waals surface area contributed by atoms with Crippen molar-refractivity contribution < 1.29 is 8.78 Å². The third-order valence-electron chi connectivity index (χ3n) is 7.17. The van der Waals surface area contributed by atoms with E-state index in [1.165, 1.54) is 50.7 Å². The van der Waals surface area contributed by atoms with Crippen molar-refractivity contribution in [3.8, 4) is 11.8 Å². The highest BCUT2D eigenvalue weighted by molar-refractivity contribution is 6.29. The summed E-state index contributed by atoms with van der Waals surface area (Å²) in [6.45, 7) is 6.05. The molecule has 0 heterocycles. The molecule has 1 aromatic rings. The van der Waals surface area contributed by atoms with Gasteiger partial charge in [-0.3, -0.25) is 0 Å². The summed E-state index contributed by atoms with van der Waals surface area (Å²) in [4.78, 5) is 0. The van der Waals surface area contributed by atoms with Crippen molar-refractivity contribution >= 4 is 11.6 Å². The van der Waals surface area contributed by atoms with E-state index in [9.17, 15) is 8.78 Å². The molecule has 0 atom stereocenters. The zero-order valence-corrected chi connectivity index (χ0v) is 19.0. The summed E-state index contributed by atoms with van der Waals surface area (Å²) < 4.78 is 29.4. The molecule has 0 spiro atoms. The molecule has 2 aliphatic rings. The Morgan fingerprint density at radius 2 is 1.63 bits per heavy atom. The van der Waals surface area contributed by atoms with Crippen LogP contribution in [0.4, 0.5) is 8.78 Å². The molecule has 1 aromatic carbocycles.